The zero-order valence-electron chi connectivity index (χ0n) is 12.1. The first kappa shape index (κ1) is 15.6. The van der Waals surface area contributed by atoms with Crippen molar-refractivity contribution in [2.75, 3.05) is 5.32 Å². The summed E-state index contributed by atoms with van der Waals surface area (Å²) in [5.74, 6) is -0.463. The van der Waals surface area contributed by atoms with Crippen LogP contribution in [0.2, 0.25) is 10.0 Å². The average Bonchev–Trinajstić information content (AvgIpc) is 2.95. The molecule has 1 aromatic heterocycles. The Kier molecular flexibility index (Phi) is 4.11. The third-order valence-electron chi connectivity index (χ3n) is 3.47. The minimum absolute atomic E-state index is 0.102. The van der Waals surface area contributed by atoms with Crippen molar-refractivity contribution in [3.05, 3.63) is 63.8 Å². The van der Waals surface area contributed by atoms with Crippen LogP contribution in [0.1, 0.15) is 27.8 Å². The van der Waals surface area contributed by atoms with Crippen LogP contribution in [0.4, 0.5) is 5.69 Å². The van der Waals surface area contributed by atoms with E-state index in [1.54, 1.807) is 30.3 Å². The Morgan fingerprint density at radius 2 is 1.83 bits per heavy atom. The molecule has 23 heavy (non-hydrogen) atoms. The number of amides is 1. The number of halogens is 2. The Balaban J connectivity index is 1.93. The number of ketones is 1. The molecule has 0 fully saturated rings. The fourth-order valence-corrected chi connectivity index (χ4v) is 2.67. The van der Waals surface area contributed by atoms with E-state index in [-0.39, 0.29) is 11.7 Å². The zero-order chi connectivity index (χ0) is 16.6. The van der Waals surface area contributed by atoms with Gasteiger partial charge >= 0.3 is 0 Å². The molecular weight excluding hydrogens is 335 g/mol. The van der Waals surface area contributed by atoms with Crippen LogP contribution in [-0.4, -0.2) is 16.7 Å². The van der Waals surface area contributed by atoms with E-state index in [0.717, 1.165) is 5.39 Å². The quantitative estimate of drug-likeness (QED) is 0.660. The van der Waals surface area contributed by atoms with Gasteiger partial charge in [0.25, 0.3) is 5.91 Å². The third kappa shape index (κ3) is 3.09. The molecule has 1 amide bonds. The maximum absolute atomic E-state index is 12.4. The Morgan fingerprint density at radius 1 is 1.04 bits per heavy atom. The number of hydrogen-bond donors (Lipinski definition) is 2. The topological polar surface area (TPSA) is 62.0 Å². The van der Waals surface area contributed by atoms with Gasteiger partial charge in [0.05, 0.1) is 21.2 Å². The summed E-state index contributed by atoms with van der Waals surface area (Å²) in [5.41, 5.74) is 1.92. The number of hydrogen-bond acceptors (Lipinski definition) is 2. The molecule has 0 unspecified atom stereocenters. The molecule has 0 aliphatic carbocycles. The first-order valence-corrected chi connectivity index (χ1v) is 7.60. The van der Waals surface area contributed by atoms with Crippen LogP contribution in [0.15, 0.2) is 42.5 Å². The van der Waals surface area contributed by atoms with Gasteiger partial charge in [0.2, 0.25) is 0 Å². The Hall–Kier alpha value is -2.30. The molecule has 0 spiro atoms. The smallest absolute Gasteiger partial charge is 0.272 e. The van der Waals surface area contributed by atoms with E-state index >= 15 is 0 Å². The van der Waals surface area contributed by atoms with E-state index in [1.807, 2.05) is 12.1 Å². The maximum Gasteiger partial charge on any atom is 0.272 e. The number of para-hydroxylation sites is 1. The zero-order valence-corrected chi connectivity index (χ0v) is 13.6. The van der Waals surface area contributed by atoms with Crippen LogP contribution in [0.3, 0.4) is 0 Å². The number of nitrogens with one attached hydrogen (secondary N) is 2. The van der Waals surface area contributed by atoms with Gasteiger partial charge in [-0.3, -0.25) is 9.59 Å². The normalized spacial score (nSPS) is 10.7. The summed E-state index contributed by atoms with van der Waals surface area (Å²) in [4.78, 5) is 26.8. The molecule has 0 bridgehead atoms. The number of H-pyrrole nitrogens is 1. The first-order valence-electron chi connectivity index (χ1n) is 6.85. The van der Waals surface area contributed by atoms with E-state index in [2.05, 4.69) is 10.3 Å². The highest BCUT2D eigenvalue weighted by Crippen LogP contribution is 2.26. The minimum Gasteiger partial charge on any atom is -0.349 e. The summed E-state index contributed by atoms with van der Waals surface area (Å²) >= 11 is 12.2. The fourth-order valence-electron chi connectivity index (χ4n) is 2.27. The Labute approximate surface area is 142 Å². The predicted octanol–water partition coefficient (Wildman–Crippen LogP) is 4.93. The number of carbonyl (C=O) groups is 2. The summed E-state index contributed by atoms with van der Waals surface area (Å²) in [6.45, 7) is 1.45. The van der Waals surface area contributed by atoms with Gasteiger partial charge in [0, 0.05) is 10.9 Å². The van der Waals surface area contributed by atoms with Crippen molar-refractivity contribution < 1.29 is 9.59 Å². The molecule has 3 rings (SSSR count). The van der Waals surface area contributed by atoms with E-state index in [0.29, 0.717) is 32.5 Å². The van der Waals surface area contributed by atoms with Gasteiger partial charge in [-0.1, -0.05) is 35.3 Å². The van der Waals surface area contributed by atoms with Crippen LogP contribution < -0.4 is 5.32 Å². The standard InChI is InChI=1S/C17H12Cl2N2O2/c1-9(22)10-5-6-12(18)14(7-10)21-17(23)15-8-11-3-2-4-13(19)16(11)20-15/h2-8,20H,1H3,(H,21,23). The minimum atomic E-state index is -0.361. The summed E-state index contributed by atoms with van der Waals surface area (Å²) in [5, 5.41) is 4.44. The lowest BCUT2D eigenvalue weighted by atomic mass is 10.1. The summed E-state index contributed by atoms with van der Waals surface area (Å²) in [6.07, 6.45) is 0. The molecule has 0 saturated carbocycles. The van der Waals surface area contributed by atoms with E-state index in [4.69, 9.17) is 23.2 Å². The van der Waals surface area contributed by atoms with E-state index < -0.39 is 0 Å². The third-order valence-corrected chi connectivity index (χ3v) is 4.12. The molecule has 2 N–H and O–H groups in total. The second-order valence-corrected chi connectivity index (χ2v) is 5.91. The van der Waals surface area contributed by atoms with Crippen molar-refractivity contribution in [2.45, 2.75) is 6.92 Å². The first-order chi connectivity index (χ1) is 11.0. The number of rotatable bonds is 3. The van der Waals surface area contributed by atoms with Crippen molar-refractivity contribution in [3.8, 4) is 0 Å². The number of Topliss-reactive ketones (excluding diaryl/α,β-unsaturated/α-hetero) is 1. The molecule has 6 heteroatoms. The Morgan fingerprint density at radius 3 is 2.52 bits per heavy atom. The molecule has 3 aromatic rings. The lowest BCUT2D eigenvalue weighted by molar-refractivity contribution is 0.100. The summed E-state index contributed by atoms with van der Waals surface area (Å²) < 4.78 is 0. The monoisotopic (exact) mass is 346 g/mol. The largest absolute Gasteiger partial charge is 0.349 e. The lowest BCUT2D eigenvalue weighted by Gasteiger charge is -2.07. The van der Waals surface area contributed by atoms with Crippen molar-refractivity contribution in [1.29, 1.82) is 0 Å². The molecular formula is C17H12Cl2N2O2. The number of anilines is 1. The van der Waals surface area contributed by atoms with Gasteiger partial charge < -0.3 is 10.3 Å². The maximum atomic E-state index is 12.4. The molecule has 1 heterocycles. The molecule has 116 valence electrons. The van der Waals surface area contributed by atoms with Gasteiger partial charge in [-0.15, -0.1) is 0 Å². The number of carbonyl (C=O) groups excluding carboxylic acids is 2. The number of aromatic nitrogens is 1. The highest BCUT2D eigenvalue weighted by atomic mass is 35.5. The molecule has 4 nitrogen and oxygen atoms in total. The highest BCUT2D eigenvalue weighted by Gasteiger charge is 2.13. The molecule has 0 aliphatic heterocycles. The summed E-state index contributed by atoms with van der Waals surface area (Å²) in [6, 6.07) is 11.9. The molecule has 0 radical (unpaired) electrons. The van der Waals surface area contributed by atoms with Gasteiger partial charge in [-0.2, -0.15) is 0 Å². The van der Waals surface area contributed by atoms with Crippen molar-refractivity contribution >= 4 is 51.5 Å². The predicted molar refractivity (Wildman–Crippen MR) is 92.7 cm³/mol. The number of benzene rings is 2. The SMILES string of the molecule is CC(=O)c1ccc(Cl)c(NC(=O)c2cc3cccc(Cl)c3[nH]2)c1. The van der Waals surface area contributed by atoms with Crippen LogP contribution in [-0.2, 0) is 0 Å². The van der Waals surface area contributed by atoms with Gasteiger partial charge in [0.15, 0.2) is 5.78 Å². The van der Waals surface area contributed by atoms with Gasteiger partial charge in [0.1, 0.15) is 5.69 Å². The molecule has 2 aromatic carbocycles. The van der Waals surface area contributed by atoms with Crippen molar-refractivity contribution in [1.82, 2.24) is 4.98 Å². The fraction of sp³-hybridized carbons (Fsp3) is 0.0588. The van der Waals surface area contributed by atoms with Crippen LogP contribution in [0, 0.1) is 0 Å². The van der Waals surface area contributed by atoms with Gasteiger partial charge in [-0.05, 0) is 37.3 Å². The molecule has 0 atom stereocenters. The van der Waals surface area contributed by atoms with Crippen LogP contribution in [0.5, 0.6) is 0 Å². The number of fused-ring (bicyclic) bond motifs is 1. The van der Waals surface area contributed by atoms with Gasteiger partial charge in [-0.25, -0.2) is 0 Å². The summed E-state index contributed by atoms with van der Waals surface area (Å²) in [7, 11) is 0. The lowest BCUT2D eigenvalue weighted by Crippen LogP contribution is -2.13. The second-order valence-electron chi connectivity index (χ2n) is 5.09. The van der Waals surface area contributed by atoms with Crippen LogP contribution >= 0.6 is 23.2 Å². The van der Waals surface area contributed by atoms with Crippen LogP contribution in [0.25, 0.3) is 10.9 Å². The van der Waals surface area contributed by atoms with E-state index in [1.165, 1.54) is 6.92 Å². The average molecular weight is 347 g/mol. The van der Waals surface area contributed by atoms with Crippen molar-refractivity contribution in [3.63, 3.8) is 0 Å². The highest BCUT2D eigenvalue weighted by molar-refractivity contribution is 6.35. The second kappa shape index (κ2) is 6.07. The van der Waals surface area contributed by atoms with Crippen molar-refractivity contribution in [2.24, 2.45) is 0 Å². The van der Waals surface area contributed by atoms with E-state index in [9.17, 15) is 9.59 Å². The Bertz CT molecular complexity index is 931. The number of aromatic amines is 1. The molecule has 0 saturated heterocycles. The molecule has 0 aliphatic rings.